The van der Waals surface area contributed by atoms with Crippen LogP contribution in [0.5, 0.6) is 0 Å². The maximum Gasteiger partial charge on any atom is 0.0202 e. The highest BCUT2D eigenvalue weighted by Gasteiger charge is 2.00. The second-order valence-corrected chi connectivity index (χ2v) is 3.52. The lowest BCUT2D eigenvalue weighted by molar-refractivity contribution is 0.333. The van der Waals surface area contributed by atoms with Gasteiger partial charge in [0.25, 0.3) is 0 Å². The molecule has 0 aliphatic carbocycles. The van der Waals surface area contributed by atoms with E-state index < -0.39 is 0 Å². The fourth-order valence-electron chi connectivity index (χ4n) is 0.856. The standard InChI is InChI=1S/C8H15BrClN/c1-3-11(5-4-9)7-8(2)6-10/h6H,3-5,7H2,1-2H3. The van der Waals surface area contributed by atoms with Crippen LogP contribution in [0.1, 0.15) is 13.8 Å². The van der Waals surface area contributed by atoms with Gasteiger partial charge in [-0.25, -0.2) is 0 Å². The highest BCUT2D eigenvalue weighted by molar-refractivity contribution is 9.09. The Morgan fingerprint density at radius 1 is 1.64 bits per heavy atom. The zero-order chi connectivity index (χ0) is 8.69. The Kier molecular flexibility index (Phi) is 7.44. The molecule has 0 amide bonds. The van der Waals surface area contributed by atoms with Crippen molar-refractivity contribution < 1.29 is 0 Å². The van der Waals surface area contributed by atoms with Crippen LogP contribution in [-0.4, -0.2) is 29.9 Å². The number of rotatable bonds is 5. The van der Waals surface area contributed by atoms with Gasteiger partial charge in [0, 0.05) is 24.0 Å². The molecule has 0 heterocycles. The second-order valence-electron chi connectivity index (χ2n) is 2.51. The van der Waals surface area contributed by atoms with Crippen LogP contribution in [-0.2, 0) is 0 Å². The number of hydrogen-bond acceptors (Lipinski definition) is 1. The van der Waals surface area contributed by atoms with Gasteiger partial charge in [-0.2, -0.15) is 0 Å². The van der Waals surface area contributed by atoms with Crippen LogP contribution in [0.25, 0.3) is 0 Å². The molecule has 0 N–H and O–H groups in total. The first-order chi connectivity index (χ1) is 5.24. The van der Waals surface area contributed by atoms with Crippen molar-refractivity contribution in [2.24, 2.45) is 0 Å². The quantitative estimate of drug-likeness (QED) is 0.668. The summed E-state index contributed by atoms with van der Waals surface area (Å²) in [5.74, 6) is 0. The maximum atomic E-state index is 5.55. The fourth-order valence-corrected chi connectivity index (χ4v) is 1.43. The second kappa shape index (κ2) is 7.14. The van der Waals surface area contributed by atoms with Gasteiger partial charge in [-0.05, 0) is 19.0 Å². The highest BCUT2D eigenvalue weighted by Crippen LogP contribution is 2.00. The molecule has 0 rings (SSSR count). The summed E-state index contributed by atoms with van der Waals surface area (Å²) in [6.45, 7) is 7.34. The molecule has 0 spiro atoms. The van der Waals surface area contributed by atoms with Crippen molar-refractivity contribution >= 4 is 27.5 Å². The van der Waals surface area contributed by atoms with Crippen molar-refractivity contribution in [2.45, 2.75) is 13.8 Å². The first kappa shape index (κ1) is 11.5. The van der Waals surface area contributed by atoms with E-state index in [1.165, 1.54) is 5.57 Å². The molecule has 0 aromatic heterocycles. The lowest BCUT2D eigenvalue weighted by Gasteiger charge is -2.18. The third-order valence-corrected chi connectivity index (χ3v) is 2.23. The molecule has 66 valence electrons. The lowest BCUT2D eigenvalue weighted by atomic mass is 10.3. The summed E-state index contributed by atoms with van der Waals surface area (Å²) in [6.07, 6.45) is 0. The van der Waals surface area contributed by atoms with Gasteiger partial charge in [0.15, 0.2) is 0 Å². The Morgan fingerprint density at radius 2 is 2.27 bits per heavy atom. The van der Waals surface area contributed by atoms with Crippen LogP contribution in [0, 0.1) is 0 Å². The summed E-state index contributed by atoms with van der Waals surface area (Å²) in [4.78, 5) is 2.34. The molecule has 0 atom stereocenters. The van der Waals surface area contributed by atoms with Crippen molar-refractivity contribution in [3.8, 4) is 0 Å². The van der Waals surface area contributed by atoms with Crippen molar-refractivity contribution in [1.82, 2.24) is 4.90 Å². The average Bonchev–Trinajstić information content (AvgIpc) is 2.03. The van der Waals surface area contributed by atoms with Gasteiger partial charge in [0.1, 0.15) is 0 Å². The molecule has 0 unspecified atom stereocenters. The minimum absolute atomic E-state index is 0.978. The Bertz CT molecular complexity index is 125. The zero-order valence-corrected chi connectivity index (χ0v) is 9.45. The van der Waals surface area contributed by atoms with Crippen LogP contribution in [0.15, 0.2) is 11.1 Å². The number of nitrogens with zero attached hydrogens (tertiary/aromatic N) is 1. The van der Waals surface area contributed by atoms with Gasteiger partial charge in [-0.3, -0.25) is 4.90 Å². The summed E-state index contributed by atoms with van der Waals surface area (Å²) in [5.41, 5.74) is 2.87. The molecule has 0 aliphatic heterocycles. The number of alkyl halides is 1. The third-order valence-electron chi connectivity index (χ3n) is 1.51. The van der Waals surface area contributed by atoms with Crippen molar-refractivity contribution in [2.75, 3.05) is 25.0 Å². The molecule has 0 saturated carbocycles. The van der Waals surface area contributed by atoms with Crippen LogP contribution in [0.2, 0.25) is 0 Å². The molecule has 0 bridgehead atoms. The van der Waals surface area contributed by atoms with E-state index in [1.54, 1.807) is 5.54 Å². The summed E-state index contributed by atoms with van der Waals surface area (Å²) >= 11 is 8.96. The Labute approximate surface area is 82.5 Å². The largest absolute Gasteiger partial charge is 0.299 e. The maximum absolute atomic E-state index is 5.55. The molecule has 0 aromatic carbocycles. The molecular formula is C8H15BrClN. The van der Waals surface area contributed by atoms with E-state index in [1.807, 2.05) is 6.92 Å². The number of hydrogen-bond donors (Lipinski definition) is 0. The molecule has 3 heteroatoms. The molecule has 1 nitrogen and oxygen atoms in total. The fraction of sp³-hybridized carbons (Fsp3) is 0.750. The molecule has 11 heavy (non-hydrogen) atoms. The monoisotopic (exact) mass is 239 g/mol. The van der Waals surface area contributed by atoms with Gasteiger partial charge < -0.3 is 0 Å². The lowest BCUT2D eigenvalue weighted by Crippen LogP contribution is -2.26. The predicted molar refractivity (Wildman–Crippen MR) is 55.5 cm³/mol. The van der Waals surface area contributed by atoms with E-state index >= 15 is 0 Å². The van der Waals surface area contributed by atoms with E-state index in [-0.39, 0.29) is 0 Å². The van der Waals surface area contributed by atoms with Gasteiger partial charge in [-0.15, -0.1) is 0 Å². The minimum atomic E-state index is 0.978. The van der Waals surface area contributed by atoms with Crippen LogP contribution < -0.4 is 0 Å². The third kappa shape index (κ3) is 5.71. The van der Waals surface area contributed by atoms with Crippen molar-refractivity contribution in [3.05, 3.63) is 11.1 Å². The average molecular weight is 241 g/mol. The first-order valence-electron chi connectivity index (χ1n) is 3.78. The molecule has 0 aliphatic rings. The Balaban J connectivity index is 3.68. The smallest absolute Gasteiger partial charge is 0.0202 e. The molecular weight excluding hydrogens is 225 g/mol. The van der Waals surface area contributed by atoms with Crippen LogP contribution in [0.3, 0.4) is 0 Å². The van der Waals surface area contributed by atoms with E-state index in [4.69, 9.17) is 11.6 Å². The summed E-state index contributed by atoms with van der Waals surface area (Å²) < 4.78 is 0. The van der Waals surface area contributed by atoms with E-state index in [0.29, 0.717) is 0 Å². The SMILES string of the molecule is CCN(CCBr)CC(C)=CCl. The van der Waals surface area contributed by atoms with Crippen LogP contribution in [0.4, 0.5) is 0 Å². The van der Waals surface area contributed by atoms with Crippen molar-refractivity contribution in [1.29, 1.82) is 0 Å². The topological polar surface area (TPSA) is 3.24 Å². The zero-order valence-electron chi connectivity index (χ0n) is 7.11. The molecule has 0 saturated heterocycles. The predicted octanol–water partition coefficient (Wildman–Crippen LogP) is 2.85. The minimum Gasteiger partial charge on any atom is -0.299 e. The summed E-state index contributed by atoms with van der Waals surface area (Å²) in [6, 6.07) is 0. The normalized spacial score (nSPS) is 12.6. The van der Waals surface area contributed by atoms with E-state index in [0.717, 1.165) is 25.0 Å². The van der Waals surface area contributed by atoms with Crippen LogP contribution >= 0.6 is 27.5 Å². The first-order valence-corrected chi connectivity index (χ1v) is 5.34. The van der Waals surface area contributed by atoms with E-state index in [2.05, 4.69) is 27.8 Å². The molecule has 0 aromatic rings. The van der Waals surface area contributed by atoms with Gasteiger partial charge in [0.05, 0.1) is 0 Å². The Hall–Kier alpha value is 0.470. The van der Waals surface area contributed by atoms with E-state index in [9.17, 15) is 0 Å². The highest BCUT2D eigenvalue weighted by atomic mass is 79.9. The Morgan fingerprint density at radius 3 is 2.64 bits per heavy atom. The molecule has 0 radical (unpaired) electrons. The van der Waals surface area contributed by atoms with Gasteiger partial charge >= 0.3 is 0 Å². The van der Waals surface area contributed by atoms with Gasteiger partial charge in [-0.1, -0.05) is 34.5 Å². The summed E-state index contributed by atoms with van der Waals surface area (Å²) in [5, 5.41) is 1.02. The van der Waals surface area contributed by atoms with Crippen molar-refractivity contribution in [3.63, 3.8) is 0 Å². The summed E-state index contributed by atoms with van der Waals surface area (Å²) in [7, 11) is 0. The number of halogens is 2. The van der Waals surface area contributed by atoms with Gasteiger partial charge in [0.2, 0.25) is 0 Å². The number of likely N-dealkylation sites (N-methyl/N-ethyl adjacent to an activating group) is 1. The molecule has 0 fully saturated rings.